The highest BCUT2D eigenvalue weighted by molar-refractivity contribution is 14.1. The molecule has 1 unspecified atom stereocenters. The minimum absolute atomic E-state index is 0.121. The molecule has 2 aromatic carbocycles. The van der Waals surface area contributed by atoms with Crippen molar-refractivity contribution in [3.8, 4) is 5.75 Å². The highest BCUT2D eigenvalue weighted by Gasteiger charge is 2.17. The molecule has 7 nitrogen and oxygen atoms in total. The van der Waals surface area contributed by atoms with Crippen molar-refractivity contribution in [2.75, 3.05) is 17.7 Å². The second-order valence-corrected chi connectivity index (χ2v) is 6.25. The summed E-state index contributed by atoms with van der Waals surface area (Å²) in [5.74, 6) is 0.0306. The fourth-order valence-electron chi connectivity index (χ4n) is 2.04. The first kappa shape index (κ1) is 18.0. The van der Waals surface area contributed by atoms with E-state index in [-0.39, 0.29) is 17.3 Å². The normalized spacial score (nSPS) is 11.5. The van der Waals surface area contributed by atoms with E-state index in [0.717, 1.165) is 9.26 Å². The van der Waals surface area contributed by atoms with E-state index in [0.29, 0.717) is 5.75 Å². The van der Waals surface area contributed by atoms with Gasteiger partial charge in [0.05, 0.1) is 17.7 Å². The molecule has 8 heteroatoms. The van der Waals surface area contributed by atoms with E-state index in [1.54, 1.807) is 6.92 Å². The number of methoxy groups -OCH3 is 1. The monoisotopic (exact) mass is 441 g/mol. The van der Waals surface area contributed by atoms with Crippen LogP contribution in [-0.2, 0) is 4.79 Å². The highest BCUT2D eigenvalue weighted by Crippen LogP contribution is 2.29. The number of nitrogens with zero attached hydrogens (tertiary/aromatic N) is 1. The maximum Gasteiger partial charge on any atom is 0.271 e. The first-order chi connectivity index (χ1) is 11.4. The summed E-state index contributed by atoms with van der Waals surface area (Å²) in [4.78, 5) is 22.7. The van der Waals surface area contributed by atoms with E-state index in [1.165, 1.54) is 25.3 Å². The number of nitrogens with one attached hydrogen (secondary N) is 2. The number of ether oxygens (including phenoxy) is 1. The molecule has 0 saturated heterocycles. The molecule has 1 atom stereocenters. The standard InChI is InChI=1S/C16H16IN3O4/c1-10(18-12-5-3-4-11(17)8-12)16(21)19-14-9-13(20(22)23)6-7-15(14)24-2/h3-10,18H,1-2H3,(H,19,21). The number of hydrogen-bond acceptors (Lipinski definition) is 5. The van der Waals surface area contributed by atoms with E-state index in [2.05, 4.69) is 33.2 Å². The molecule has 0 fully saturated rings. The number of nitro benzene ring substituents is 1. The Kier molecular flexibility index (Phi) is 5.96. The van der Waals surface area contributed by atoms with Gasteiger partial charge in [-0.2, -0.15) is 0 Å². The molecular weight excluding hydrogens is 425 g/mol. The zero-order valence-electron chi connectivity index (χ0n) is 13.1. The Hall–Kier alpha value is -2.36. The number of non-ortho nitro benzene ring substituents is 1. The second kappa shape index (κ2) is 7.95. The van der Waals surface area contributed by atoms with Crippen molar-refractivity contribution in [1.82, 2.24) is 0 Å². The first-order valence-corrected chi connectivity index (χ1v) is 8.14. The zero-order valence-corrected chi connectivity index (χ0v) is 15.2. The Morgan fingerprint density at radius 2 is 2.04 bits per heavy atom. The molecule has 0 aliphatic carbocycles. The number of carbonyl (C=O) groups is 1. The summed E-state index contributed by atoms with van der Waals surface area (Å²) in [6.07, 6.45) is 0. The van der Waals surface area contributed by atoms with Crippen LogP contribution < -0.4 is 15.4 Å². The van der Waals surface area contributed by atoms with Gasteiger partial charge in [0.2, 0.25) is 5.91 Å². The van der Waals surface area contributed by atoms with Gasteiger partial charge in [0.15, 0.2) is 0 Å². The van der Waals surface area contributed by atoms with Crippen molar-refractivity contribution in [2.24, 2.45) is 0 Å². The molecule has 0 heterocycles. The molecule has 2 N–H and O–H groups in total. The SMILES string of the molecule is COc1ccc([N+](=O)[O-])cc1NC(=O)C(C)Nc1cccc(I)c1. The third-order valence-electron chi connectivity index (χ3n) is 3.25. The molecule has 0 bridgehead atoms. The minimum atomic E-state index is -0.535. The third kappa shape index (κ3) is 4.57. The molecule has 0 aliphatic heterocycles. The van der Waals surface area contributed by atoms with Crippen LogP contribution in [0.3, 0.4) is 0 Å². The van der Waals surface area contributed by atoms with Crippen LogP contribution in [0, 0.1) is 13.7 Å². The summed E-state index contributed by atoms with van der Waals surface area (Å²) in [6, 6.07) is 11.1. The molecule has 0 aliphatic rings. The largest absolute Gasteiger partial charge is 0.495 e. The Morgan fingerprint density at radius 3 is 2.67 bits per heavy atom. The lowest BCUT2D eigenvalue weighted by molar-refractivity contribution is -0.384. The predicted molar refractivity (Wildman–Crippen MR) is 101 cm³/mol. The van der Waals surface area contributed by atoms with Crippen LogP contribution in [0.1, 0.15) is 6.92 Å². The molecule has 0 radical (unpaired) electrons. The van der Waals surface area contributed by atoms with E-state index in [4.69, 9.17) is 4.74 Å². The van der Waals surface area contributed by atoms with Crippen molar-refractivity contribution in [3.05, 3.63) is 56.1 Å². The van der Waals surface area contributed by atoms with Gasteiger partial charge >= 0.3 is 0 Å². The molecule has 1 amide bonds. The Labute approximate surface area is 152 Å². The topological polar surface area (TPSA) is 93.5 Å². The van der Waals surface area contributed by atoms with Gasteiger partial charge in [-0.1, -0.05) is 6.07 Å². The summed E-state index contributed by atoms with van der Waals surface area (Å²) in [7, 11) is 1.43. The number of anilines is 2. The lowest BCUT2D eigenvalue weighted by Crippen LogP contribution is -2.32. The van der Waals surface area contributed by atoms with Crippen LogP contribution in [0.25, 0.3) is 0 Å². The van der Waals surface area contributed by atoms with Gasteiger partial charge in [0, 0.05) is 21.4 Å². The molecule has 0 saturated carbocycles. The Morgan fingerprint density at radius 1 is 1.29 bits per heavy atom. The minimum Gasteiger partial charge on any atom is -0.495 e. The van der Waals surface area contributed by atoms with Crippen LogP contribution in [0.2, 0.25) is 0 Å². The van der Waals surface area contributed by atoms with Gasteiger partial charge in [0.25, 0.3) is 5.69 Å². The number of benzene rings is 2. The number of nitro groups is 1. The highest BCUT2D eigenvalue weighted by atomic mass is 127. The maximum absolute atomic E-state index is 12.4. The molecular formula is C16H16IN3O4. The molecule has 0 spiro atoms. The summed E-state index contributed by atoms with van der Waals surface area (Å²) in [6.45, 7) is 1.71. The average molecular weight is 441 g/mol. The van der Waals surface area contributed by atoms with Crippen LogP contribution in [0.4, 0.5) is 17.1 Å². The van der Waals surface area contributed by atoms with Crippen LogP contribution >= 0.6 is 22.6 Å². The van der Waals surface area contributed by atoms with Crippen molar-refractivity contribution >= 4 is 45.6 Å². The third-order valence-corrected chi connectivity index (χ3v) is 3.92. The molecule has 126 valence electrons. The van der Waals surface area contributed by atoms with Crippen molar-refractivity contribution < 1.29 is 14.5 Å². The van der Waals surface area contributed by atoms with Gasteiger partial charge in [0.1, 0.15) is 11.8 Å². The summed E-state index contributed by atoms with van der Waals surface area (Å²) >= 11 is 2.19. The number of halogens is 1. The van der Waals surface area contributed by atoms with Gasteiger partial charge < -0.3 is 15.4 Å². The fraction of sp³-hybridized carbons (Fsp3) is 0.188. The fourth-order valence-corrected chi connectivity index (χ4v) is 2.59. The van der Waals surface area contributed by atoms with E-state index >= 15 is 0 Å². The molecule has 0 aromatic heterocycles. The van der Waals surface area contributed by atoms with Crippen molar-refractivity contribution in [1.29, 1.82) is 0 Å². The smallest absolute Gasteiger partial charge is 0.271 e. The Balaban J connectivity index is 2.13. The number of hydrogen-bond donors (Lipinski definition) is 2. The van der Waals surface area contributed by atoms with Gasteiger partial charge in [-0.15, -0.1) is 0 Å². The van der Waals surface area contributed by atoms with Crippen molar-refractivity contribution in [2.45, 2.75) is 13.0 Å². The molecule has 24 heavy (non-hydrogen) atoms. The van der Waals surface area contributed by atoms with Crippen LogP contribution in [-0.4, -0.2) is 24.0 Å². The van der Waals surface area contributed by atoms with Gasteiger partial charge in [-0.3, -0.25) is 14.9 Å². The Bertz CT molecular complexity index is 767. The zero-order chi connectivity index (χ0) is 17.7. The maximum atomic E-state index is 12.4. The number of amides is 1. The lowest BCUT2D eigenvalue weighted by atomic mass is 10.2. The van der Waals surface area contributed by atoms with E-state index < -0.39 is 11.0 Å². The quantitative estimate of drug-likeness (QED) is 0.406. The van der Waals surface area contributed by atoms with Crippen molar-refractivity contribution in [3.63, 3.8) is 0 Å². The predicted octanol–water partition coefficient (Wildman–Crippen LogP) is 3.65. The molecule has 2 rings (SSSR count). The van der Waals surface area contributed by atoms with Gasteiger partial charge in [-0.25, -0.2) is 0 Å². The van der Waals surface area contributed by atoms with Crippen LogP contribution in [0.15, 0.2) is 42.5 Å². The molecule has 2 aromatic rings. The van der Waals surface area contributed by atoms with E-state index in [9.17, 15) is 14.9 Å². The van der Waals surface area contributed by atoms with Gasteiger partial charge in [-0.05, 0) is 53.8 Å². The first-order valence-electron chi connectivity index (χ1n) is 7.06. The van der Waals surface area contributed by atoms with E-state index in [1.807, 2.05) is 24.3 Å². The number of carbonyl (C=O) groups excluding carboxylic acids is 1. The summed E-state index contributed by atoms with van der Waals surface area (Å²) < 4.78 is 6.18. The average Bonchev–Trinajstić information content (AvgIpc) is 2.54. The lowest BCUT2D eigenvalue weighted by Gasteiger charge is -2.16. The second-order valence-electron chi connectivity index (χ2n) is 5.01. The number of rotatable bonds is 6. The van der Waals surface area contributed by atoms with Crippen LogP contribution in [0.5, 0.6) is 5.75 Å². The summed E-state index contributed by atoms with van der Waals surface area (Å²) in [5, 5.41) is 16.6. The summed E-state index contributed by atoms with van der Waals surface area (Å²) in [5.41, 5.74) is 0.952.